The van der Waals surface area contributed by atoms with Gasteiger partial charge in [0.05, 0.1) is 34.5 Å². The number of amides is 1. The number of nitrogens with zero attached hydrogens (tertiary/aromatic N) is 4. The molecule has 1 aliphatic rings. The summed E-state index contributed by atoms with van der Waals surface area (Å²) in [5, 5.41) is 11.8. The zero-order valence-corrected chi connectivity index (χ0v) is 18.3. The fraction of sp³-hybridized carbons (Fsp3) is 0.364. The van der Waals surface area contributed by atoms with Crippen LogP contribution in [0.1, 0.15) is 26.2 Å². The van der Waals surface area contributed by atoms with E-state index in [4.69, 9.17) is 4.74 Å². The first-order chi connectivity index (χ1) is 15.0. The molecule has 1 fully saturated rings. The molecule has 3 aromatic rings. The summed E-state index contributed by atoms with van der Waals surface area (Å²) >= 11 is 1.34. The number of non-ortho nitro benzene ring substituents is 1. The Morgan fingerprint density at radius 2 is 2.10 bits per heavy atom. The van der Waals surface area contributed by atoms with E-state index in [-0.39, 0.29) is 23.4 Å². The monoisotopic (exact) mass is 440 g/mol. The third-order valence-electron chi connectivity index (χ3n) is 5.59. The molecule has 31 heavy (non-hydrogen) atoms. The van der Waals surface area contributed by atoms with Crippen molar-refractivity contribution in [2.45, 2.75) is 37.4 Å². The molecule has 0 bridgehead atoms. The quantitative estimate of drug-likeness (QED) is 0.320. The highest BCUT2D eigenvalue weighted by molar-refractivity contribution is 7.99. The van der Waals surface area contributed by atoms with E-state index in [9.17, 15) is 14.9 Å². The van der Waals surface area contributed by atoms with Crippen LogP contribution in [-0.2, 0) is 4.79 Å². The first-order valence-corrected chi connectivity index (χ1v) is 11.2. The van der Waals surface area contributed by atoms with E-state index in [2.05, 4.69) is 11.9 Å². The Balaban J connectivity index is 1.72. The lowest BCUT2D eigenvalue weighted by atomic mass is 10.0. The standard InChI is InChI=1S/C22H24N4O4S/c1-15-7-5-6-12-24(15)21(27)14-31-22-23-17-13-16(26(28)29)10-11-18(17)25(22)19-8-3-4-9-20(19)30-2/h3-4,8-11,13,15H,5-7,12,14H2,1-2H3/t15-/m0/s1. The number of piperidine rings is 1. The molecule has 0 N–H and O–H groups in total. The molecule has 1 aliphatic heterocycles. The number of carbonyl (C=O) groups is 1. The van der Waals surface area contributed by atoms with Crippen molar-refractivity contribution in [1.82, 2.24) is 14.5 Å². The Labute approximate surface area is 184 Å². The highest BCUT2D eigenvalue weighted by Crippen LogP contribution is 2.34. The van der Waals surface area contributed by atoms with Crippen LogP contribution in [0.2, 0.25) is 0 Å². The smallest absolute Gasteiger partial charge is 0.271 e. The topological polar surface area (TPSA) is 90.5 Å². The fourth-order valence-electron chi connectivity index (χ4n) is 3.98. The molecule has 1 aromatic heterocycles. The lowest BCUT2D eigenvalue weighted by Gasteiger charge is -2.33. The first-order valence-electron chi connectivity index (χ1n) is 10.2. The number of hydrogen-bond acceptors (Lipinski definition) is 6. The molecule has 162 valence electrons. The molecule has 1 saturated heterocycles. The maximum Gasteiger partial charge on any atom is 0.271 e. The second-order valence-electron chi connectivity index (χ2n) is 7.55. The Kier molecular flexibility index (Phi) is 6.13. The number of benzene rings is 2. The Bertz CT molecular complexity index is 1130. The minimum absolute atomic E-state index is 0.0213. The number of methoxy groups -OCH3 is 1. The van der Waals surface area contributed by atoms with Gasteiger partial charge in [-0.25, -0.2) is 4.98 Å². The van der Waals surface area contributed by atoms with Gasteiger partial charge in [0.25, 0.3) is 5.69 Å². The summed E-state index contributed by atoms with van der Waals surface area (Å²) in [5.74, 6) is 0.991. The zero-order valence-electron chi connectivity index (χ0n) is 17.5. The number of rotatable bonds is 6. The van der Waals surface area contributed by atoms with Crippen molar-refractivity contribution in [1.29, 1.82) is 0 Å². The number of fused-ring (bicyclic) bond motifs is 1. The molecule has 0 spiro atoms. The Hall–Kier alpha value is -3.07. The molecule has 1 atom stereocenters. The fourth-order valence-corrected chi connectivity index (χ4v) is 4.89. The van der Waals surface area contributed by atoms with Gasteiger partial charge in [-0.1, -0.05) is 23.9 Å². The maximum atomic E-state index is 12.9. The van der Waals surface area contributed by atoms with E-state index in [1.165, 1.54) is 23.9 Å². The number of carbonyl (C=O) groups excluding carboxylic acids is 1. The molecular formula is C22H24N4O4S. The van der Waals surface area contributed by atoms with Gasteiger partial charge in [0.1, 0.15) is 5.75 Å². The summed E-state index contributed by atoms with van der Waals surface area (Å²) in [5.41, 5.74) is 1.97. The number of nitro groups is 1. The van der Waals surface area contributed by atoms with E-state index in [0.717, 1.165) is 37.0 Å². The van der Waals surface area contributed by atoms with Crippen molar-refractivity contribution in [2.24, 2.45) is 0 Å². The molecular weight excluding hydrogens is 416 g/mol. The van der Waals surface area contributed by atoms with Crippen LogP contribution >= 0.6 is 11.8 Å². The van der Waals surface area contributed by atoms with Crippen molar-refractivity contribution >= 4 is 34.4 Å². The summed E-state index contributed by atoms with van der Waals surface area (Å²) in [4.78, 5) is 30.2. The SMILES string of the molecule is COc1ccccc1-n1c(SCC(=O)N2CCCC[C@@H]2C)nc2cc([N+](=O)[O-])ccc21. The number of aromatic nitrogens is 2. The summed E-state index contributed by atoms with van der Waals surface area (Å²) < 4.78 is 7.43. The lowest BCUT2D eigenvalue weighted by molar-refractivity contribution is -0.384. The van der Waals surface area contributed by atoms with Gasteiger partial charge in [0.15, 0.2) is 5.16 Å². The van der Waals surface area contributed by atoms with Crippen LogP contribution in [0.5, 0.6) is 5.75 Å². The van der Waals surface area contributed by atoms with Crippen molar-refractivity contribution in [3.8, 4) is 11.4 Å². The van der Waals surface area contributed by atoms with Gasteiger partial charge in [-0.2, -0.15) is 0 Å². The molecule has 8 nitrogen and oxygen atoms in total. The largest absolute Gasteiger partial charge is 0.495 e. The van der Waals surface area contributed by atoms with Crippen molar-refractivity contribution < 1.29 is 14.5 Å². The summed E-state index contributed by atoms with van der Waals surface area (Å²) in [7, 11) is 1.59. The zero-order chi connectivity index (χ0) is 22.0. The summed E-state index contributed by atoms with van der Waals surface area (Å²) in [6, 6.07) is 12.4. The Morgan fingerprint density at radius 3 is 2.84 bits per heavy atom. The van der Waals surface area contributed by atoms with Crippen LogP contribution in [0.25, 0.3) is 16.7 Å². The van der Waals surface area contributed by atoms with Crippen molar-refractivity contribution in [3.05, 3.63) is 52.6 Å². The number of imidazole rings is 1. The van der Waals surface area contributed by atoms with Gasteiger partial charge in [0.2, 0.25) is 5.91 Å². The van der Waals surface area contributed by atoms with Gasteiger partial charge in [-0.15, -0.1) is 0 Å². The molecule has 2 aromatic carbocycles. The number of ether oxygens (including phenoxy) is 1. The van der Waals surface area contributed by atoms with E-state index in [1.807, 2.05) is 33.7 Å². The third kappa shape index (κ3) is 4.23. The number of para-hydroxylation sites is 2. The van der Waals surface area contributed by atoms with Crippen molar-refractivity contribution in [2.75, 3.05) is 19.4 Å². The number of thioether (sulfide) groups is 1. The Morgan fingerprint density at radius 1 is 1.29 bits per heavy atom. The molecule has 0 unspecified atom stereocenters. The highest BCUT2D eigenvalue weighted by atomic mass is 32.2. The van der Waals surface area contributed by atoms with Crippen LogP contribution in [0.3, 0.4) is 0 Å². The van der Waals surface area contributed by atoms with Crippen molar-refractivity contribution in [3.63, 3.8) is 0 Å². The molecule has 1 amide bonds. The van der Waals surface area contributed by atoms with E-state index in [0.29, 0.717) is 16.4 Å². The van der Waals surface area contributed by atoms with Crippen LogP contribution in [0.4, 0.5) is 5.69 Å². The third-order valence-corrected chi connectivity index (χ3v) is 6.52. The predicted molar refractivity (Wildman–Crippen MR) is 120 cm³/mol. The van der Waals surface area contributed by atoms with Gasteiger partial charge in [-0.05, 0) is 44.4 Å². The molecule has 0 aliphatic carbocycles. The lowest BCUT2D eigenvalue weighted by Crippen LogP contribution is -2.42. The van der Waals surface area contributed by atoms with Crippen LogP contribution in [-0.4, -0.2) is 50.7 Å². The van der Waals surface area contributed by atoms with Crippen LogP contribution < -0.4 is 4.74 Å². The van der Waals surface area contributed by atoms with Gasteiger partial charge < -0.3 is 9.64 Å². The average Bonchev–Trinajstić information content (AvgIpc) is 3.15. The van der Waals surface area contributed by atoms with Crippen LogP contribution in [0, 0.1) is 10.1 Å². The summed E-state index contributed by atoms with van der Waals surface area (Å²) in [6.07, 6.45) is 3.21. The summed E-state index contributed by atoms with van der Waals surface area (Å²) in [6.45, 7) is 2.88. The molecule has 9 heteroatoms. The minimum Gasteiger partial charge on any atom is -0.495 e. The van der Waals surface area contributed by atoms with E-state index < -0.39 is 4.92 Å². The van der Waals surface area contributed by atoms with E-state index in [1.54, 1.807) is 13.2 Å². The molecule has 0 radical (unpaired) electrons. The number of likely N-dealkylation sites (tertiary alicyclic amines) is 1. The van der Waals surface area contributed by atoms with Gasteiger partial charge in [0, 0.05) is 24.7 Å². The second-order valence-corrected chi connectivity index (χ2v) is 8.49. The first kappa shape index (κ1) is 21.2. The average molecular weight is 441 g/mol. The molecule has 0 saturated carbocycles. The highest BCUT2D eigenvalue weighted by Gasteiger charge is 2.25. The molecule has 4 rings (SSSR count). The minimum atomic E-state index is -0.435. The van der Waals surface area contributed by atoms with E-state index >= 15 is 0 Å². The van der Waals surface area contributed by atoms with Gasteiger partial charge >= 0.3 is 0 Å². The maximum absolute atomic E-state index is 12.9. The van der Waals surface area contributed by atoms with Gasteiger partial charge in [-0.3, -0.25) is 19.5 Å². The molecule has 2 heterocycles. The predicted octanol–water partition coefficient (Wildman–Crippen LogP) is 4.44. The number of nitro benzene ring substituents is 1. The normalized spacial score (nSPS) is 16.5. The number of hydrogen-bond donors (Lipinski definition) is 0. The van der Waals surface area contributed by atoms with Crippen LogP contribution in [0.15, 0.2) is 47.6 Å². The second kappa shape index (κ2) is 8.97.